The molecule has 1 unspecified atom stereocenters. The fourth-order valence-electron chi connectivity index (χ4n) is 2.94. The second kappa shape index (κ2) is 7.56. The SMILES string of the molecule is Cc1nn(C)c2ncc(C(=O)NCC(Nc3ccccc3)C(C)C)cc12. The van der Waals surface area contributed by atoms with Crippen molar-refractivity contribution in [2.75, 3.05) is 11.9 Å². The number of hydrogen-bond acceptors (Lipinski definition) is 4. The molecule has 136 valence electrons. The van der Waals surface area contributed by atoms with Crippen molar-refractivity contribution < 1.29 is 4.79 Å². The van der Waals surface area contributed by atoms with Gasteiger partial charge in [0, 0.05) is 36.9 Å². The van der Waals surface area contributed by atoms with Gasteiger partial charge in [-0.1, -0.05) is 32.0 Å². The fraction of sp³-hybridized carbons (Fsp3) is 0.350. The van der Waals surface area contributed by atoms with Gasteiger partial charge < -0.3 is 10.6 Å². The van der Waals surface area contributed by atoms with Crippen molar-refractivity contribution in [3.05, 3.63) is 53.9 Å². The molecule has 0 bridgehead atoms. The molecule has 1 amide bonds. The lowest BCUT2D eigenvalue weighted by Crippen LogP contribution is -2.39. The maximum absolute atomic E-state index is 12.6. The predicted octanol–water partition coefficient (Wildman–Crippen LogP) is 3.14. The highest BCUT2D eigenvalue weighted by atomic mass is 16.1. The number of amides is 1. The van der Waals surface area contributed by atoms with Crippen molar-refractivity contribution >= 4 is 22.6 Å². The number of aromatic nitrogens is 3. The topological polar surface area (TPSA) is 71.8 Å². The third kappa shape index (κ3) is 3.85. The standard InChI is InChI=1S/C20H25N5O/c1-13(2)18(23-16-8-6-5-7-9-16)12-22-20(26)15-10-17-14(3)24-25(4)19(17)21-11-15/h5-11,13,18,23H,12H2,1-4H3,(H,22,26). The minimum Gasteiger partial charge on any atom is -0.380 e. The smallest absolute Gasteiger partial charge is 0.252 e. The first-order valence-corrected chi connectivity index (χ1v) is 8.85. The van der Waals surface area contributed by atoms with E-state index in [1.165, 1.54) is 0 Å². The summed E-state index contributed by atoms with van der Waals surface area (Å²) in [7, 11) is 1.85. The minimum absolute atomic E-state index is 0.122. The Kier molecular flexibility index (Phi) is 5.21. The van der Waals surface area contributed by atoms with E-state index in [2.05, 4.69) is 34.6 Å². The predicted molar refractivity (Wildman–Crippen MR) is 104 cm³/mol. The van der Waals surface area contributed by atoms with Crippen molar-refractivity contribution in [2.24, 2.45) is 13.0 Å². The van der Waals surface area contributed by atoms with Gasteiger partial charge in [0.05, 0.1) is 11.3 Å². The third-order valence-corrected chi connectivity index (χ3v) is 4.54. The molecule has 1 atom stereocenters. The lowest BCUT2D eigenvalue weighted by atomic mass is 10.0. The molecule has 0 saturated heterocycles. The molecule has 1 aromatic carbocycles. The van der Waals surface area contributed by atoms with Crippen LogP contribution in [-0.4, -0.2) is 33.3 Å². The third-order valence-electron chi connectivity index (χ3n) is 4.54. The van der Waals surface area contributed by atoms with Gasteiger partial charge in [0.2, 0.25) is 0 Å². The first kappa shape index (κ1) is 17.9. The van der Waals surface area contributed by atoms with Crippen LogP contribution in [0.4, 0.5) is 5.69 Å². The van der Waals surface area contributed by atoms with E-state index >= 15 is 0 Å². The summed E-state index contributed by atoms with van der Waals surface area (Å²) in [4.78, 5) is 17.0. The van der Waals surface area contributed by atoms with E-state index in [9.17, 15) is 4.79 Å². The fourth-order valence-corrected chi connectivity index (χ4v) is 2.94. The first-order chi connectivity index (χ1) is 12.5. The molecule has 0 aliphatic carbocycles. The number of rotatable bonds is 6. The van der Waals surface area contributed by atoms with Crippen molar-refractivity contribution in [3.63, 3.8) is 0 Å². The number of carbonyl (C=O) groups excluding carboxylic acids is 1. The number of para-hydroxylation sites is 1. The van der Waals surface area contributed by atoms with Crippen LogP contribution in [0.25, 0.3) is 11.0 Å². The minimum atomic E-state index is -0.122. The van der Waals surface area contributed by atoms with Crippen LogP contribution >= 0.6 is 0 Å². The van der Waals surface area contributed by atoms with E-state index in [0.717, 1.165) is 22.4 Å². The zero-order chi connectivity index (χ0) is 18.7. The van der Waals surface area contributed by atoms with Gasteiger partial charge in [-0.25, -0.2) is 4.98 Å². The number of nitrogens with zero attached hydrogens (tertiary/aromatic N) is 3. The summed E-state index contributed by atoms with van der Waals surface area (Å²) in [6, 6.07) is 12.0. The summed E-state index contributed by atoms with van der Waals surface area (Å²) in [6.45, 7) is 6.73. The van der Waals surface area contributed by atoms with Crippen LogP contribution in [0.1, 0.15) is 29.9 Å². The lowest BCUT2D eigenvalue weighted by Gasteiger charge is -2.24. The van der Waals surface area contributed by atoms with Gasteiger partial charge in [0.1, 0.15) is 0 Å². The Balaban J connectivity index is 1.69. The molecule has 0 fully saturated rings. The molecule has 26 heavy (non-hydrogen) atoms. The zero-order valence-corrected chi connectivity index (χ0v) is 15.7. The van der Waals surface area contributed by atoms with Crippen LogP contribution in [0.2, 0.25) is 0 Å². The Bertz CT molecular complexity index is 901. The van der Waals surface area contributed by atoms with Crippen molar-refractivity contribution in [1.29, 1.82) is 0 Å². The number of aryl methyl sites for hydroxylation is 2. The quantitative estimate of drug-likeness (QED) is 0.716. The van der Waals surface area contributed by atoms with E-state index in [4.69, 9.17) is 0 Å². The highest BCUT2D eigenvalue weighted by molar-refractivity contribution is 5.97. The van der Waals surface area contributed by atoms with Gasteiger partial charge in [-0.05, 0) is 31.0 Å². The molecule has 6 nitrogen and oxygen atoms in total. The van der Waals surface area contributed by atoms with E-state index in [1.54, 1.807) is 10.9 Å². The molecular weight excluding hydrogens is 326 g/mol. The molecule has 3 rings (SSSR count). The molecular formula is C20H25N5O. The molecule has 2 heterocycles. The van der Waals surface area contributed by atoms with Gasteiger partial charge in [-0.2, -0.15) is 5.10 Å². The highest BCUT2D eigenvalue weighted by Gasteiger charge is 2.16. The second-order valence-corrected chi connectivity index (χ2v) is 6.88. The van der Waals surface area contributed by atoms with Crippen LogP contribution in [0.5, 0.6) is 0 Å². The Morgan fingerprint density at radius 3 is 2.65 bits per heavy atom. The number of carbonyl (C=O) groups is 1. The van der Waals surface area contributed by atoms with Crippen molar-refractivity contribution in [1.82, 2.24) is 20.1 Å². The molecule has 3 aromatic rings. The molecule has 6 heteroatoms. The summed E-state index contributed by atoms with van der Waals surface area (Å²) in [5, 5.41) is 11.8. The summed E-state index contributed by atoms with van der Waals surface area (Å²) >= 11 is 0. The molecule has 0 aliphatic heterocycles. The van der Waals surface area contributed by atoms with Crippen molar-refractivity contribution in [3.8, 4) is 0 Å². The Hall–Kier alpha value is -2.89. The monoisotopic (exact) mass is 351 g/mol. The number of fused-ring (bicyclic) bond motifs is 1. The number of hydrogen-bond donors (Lipinski definition) is 2. The average Bonchev–Trinajstić information content (AvgIpc) is 2.92. The molecule has 0 spiro atoms. The summed E-state index contributed by atoms with van der Waals surface area (Å²) < 4.78 is 1.73. The van der Waals surface area contributed by atoms with Crippen LogP contribution in [0.3, 0.4) is 0 Å². The van der Waals surface area contributed by atoms with Crippen molar-refractivity contribution in [2.45, 2.75) is 26.8 Å². The van der Waals surface area contributed by atoms with Gasteiger partial charge >= 0.3 is 0 Å². The number of pyridine rings is 1. The maximum atomic E-state index is 12.6. The van der Waals surface area contributed by atoms with E-state index in [0.29, 0.717) is 18.0 Å². The molecule has 0 aliphatic rings. The molecule has 2 N–H and O–H groups in total. The zero-order valence-electron chi connectivity index (χ0n) is 15.7. The summed E-state index contributed by atoms with van der Waals surface area (Å²) in [6.07, 6.45) is 1.60. The van der Waals surface area contributed by atoms with Crippen LogP contribution in [0, 0.1) is 12.8 Å². The Labute approximate surface area is 153 Å². The largest absolute Gasteiger partial charge is 0.380 e. The van der Waals surface area contributed by atoms with Gasteiger partial charge in [0.25, 0.3) is 5.91 Å². The van der Waals surface area contributed by atoms with E-state index in [-0.39, 0.29) is 11.9 Å². The first-order valence-electron chi connectivity index (χ1n) is 8.85. The van der Waals surface area contributed by atoms with Gasteiger partial charge in [0.15, 0.2) is 5.65 Å². The highest BCUT2D eigenvalue weighted by Crippen LogP contribution is 2.17. The van der Waals surface area contributed by atoms with Gasteiger partial charge in [-0.15, -0.1) is 0 Å². The molecule has 2 aromatic heterocycles. The number of anilines is 1. The number of nitrogens with one attached hydrogen (secondary N) is 2. The lowest BCUT2D eigenvalue weighted by molar-refractivity contribution is 0.0950. The van der Waals surface area contributed by atoms with E-state index < -0.39 is 0 Å². The number of benzene rings is 1. The molecule has 0 radical (unpaired) electrons. The Morgan fingerprint density at radius 1 is 1.23 bits per heavy atom. The van der Waals surface area contributed by atoms with Gasteiger partial charge in [-0.3, -0.25) is 9.48 Å². The van der Waals surface area contributed by atoms with Crippen LogP contribution in [0.15, 0.2) is 42.6 Å². The second-order valence-electron chi connectivity index (χ2n) is 6.88. The summed E-state index contributed by atoms with van der Waals surface area (Å²) in [5.41, 5.74) is 3.26. The molecule has 0 saturated carbocycles. The normalized spacial score (nSPS) is 12.3. The maximum Gasteiger partial charge on any atom is 0.252 e. The summed E-state index contributed by atoms with van der Waals surface area (Å²) in [5.74, 6) is 0.250. The van der Waals surface area contributed by atoms with Crippen LogP contribution < -0.4 is 10.6 Å². The van der Waals surface area contributed by atoms with Crippen LogP contribution in [-0.2, 0) is 7.05 Å². The average molecular weight is 351 g/mol. The van der Waals surface area contributed by atoms with E-state index in [1.807, 2.05) is 50.4 Å². The Morgan fingerprint density at radius 2 is 1.96 bits per heavy atom.